The van der Waals surface area contributed by atoms with Gasteiger partial charge >= 0.3 is 0 Å². The quantitative estimate of drug-likeness (QED) is 0.765. The standard InChI is InChI=1S/C15H15NO2S/c16-7-4-13(12-6-9-19-10-12)18-14-3-1-2-11-5-8-17-15(11)14/h1-3,5-6,8-10,13H,4,7,16H2/t13-/m0/s1. The summed E-state index contributed by atoms with van der Waals surface area (Å²) in [5.41, 5.74) is 7.64. The zero-order valence-corrected chi connectivity index (χ0v) is 11.2. The first kappa shape index (κ1) is 12.3. The lowest BCUT2D eigenvalue weighted by Crippen LogP contribution is -2.12. The Labute approximate surface area is 115 Å². The van der Waals surface area contributed by atoms with Crippen molar-refractivity contribution in [3.63, 3.8) is 0 Å². The first-order valence-corrected chi connectivity index (χ1v) is 7.18. The highest BCUT2D eigenvalue weighted by Gasteiger charge is 2.15. The van der Waals surface area contributed by atoms with Crippen LogP contribution < -0.4 is 10.5 Å². The van der Waals surface area contributed by atoms with E-state index in [-0.39, 0.29) is 6.10 Å². The third-order valence-electron chi connectivity index (χ3n) is 3.06. The van der Waals surface area contributed by atoms with Crippen molar-refractivity contribution in [2.24, 2.45) is 5.73 Å². The Hall–Kier alpha value is -1.78. The van der Waals surface area contributed by atoms with Gasteiger partial charge in [0.2, 0.25) is 0 Å². The second-order valence-electron chi connectivity index (χ2n) is 4.34. The molecule has 0 saturated heterocycles. The fraction of sp³-hybridized carbons (Fsp3) is 0.200. The maximum Gasteiger partial charge on any atom is 0.175 e. The van der Waals surface area contributed by atoms with E-state index >= 15 is 0 Å². The van der Waals surface area contributed by atoms with Crippen LogP contribution >= 0.6 is 11.3 Å². The molecule has 2 heterocycles. The maximum absolute atomic E-state index is 6.10. The van der Waals surface area contributed by atoms with Gasteiger partial charge in [-0.2, -0.15) is 11.3 Å². The summed E-state index contributed by atoms with van der Waals surface area (Å²) in [7, 11) is 0. The third-order valence-corrected chi connectivity index (χ3v) is 3.76. The van der Waals surface area contributed by atoms with Crippen LogP contribution in [0.5, 0.6) is 5.75 Å². The summed E-state index contributed by atoms with van der Waals surface area (Å²) < 4.78 is 11.6. The molecule has 0 aliphatic carbocycles. The van der Waals surface area contributed by atoms with Crippen LogP contribution in [0.3, 0.4) is 0 Å². The SMILES string of the molecule is NCC[C@H](Oc1cccc2ccoc12)c1ccsc1. The van der Waals surface area contributed by atoms with Gasteiger partial charge in [-0.3, -0.25) is 0 Å². The molecule has 0 unspecified atom stereocenters. The number of ether oxygens (including phenoxy) is 1. The van der Waals surface area contributed by atoms with Gasteiger partial charge in [0.25, 0.3) is 0 Å². The molecule has 98 valence electrons. The van der Waals surface area contributed by atoms with Gasteiger partial charge in [0.05, 0.1) is 6.26 Å². The van der Waals surface area contributed by atoms with Crippen LogP contribution in [0.4, 0.5) is 0 Å². The van der Waals surface area contributed by atoms with Crippen molar-refractivity contribution in [1.82, 2.24) is 0 Å². The van der Waals surface area contributed by atoms with E-state index < -0.39 is 0 Å². The zero-order chi connectivity index (χ0) is 13.1. The Kier molecular flexibility index (Phi) is 3.53. The van der Waals surface area contributed by atoms with E-state index in [0.717, 1.165) is 23.1 Å². The summed E-state index contributed by atoms with van der Waals surface area (Å²) in [5, 5.41) is 5.20. The van der Waals surface area contributed by atoms with Crippen molar-refractivity contribution in [2.45, 2.75) is 12.5 Å². The topological polar surface area (TPSA) is 48.4 Å². The van der Waals surface area contributed by atoms with Crippen LogP contribution in [0.2, 0.25) is 0 Å². The lowest BCUT2D eigenvalue weighted by atomic mass is 10.1. The summed E-state index contributed by atoms with van der Waals surface area (Å²) >= 11 is 1.67. The van der Waals surface area contributed by atoms with E-state index in [9.17, 15) is 0 Å². The molecule has 0 aliphatic rings. The summed E-state index contributed by atoms with van der Waals surface area (Å²) in [5.74, 6) is 0.771. The van der Waals surface area contributed by atoms with E-state index in [2.05, 4.69) is 16.8 Å². The predicted molar refractivity (Wildman–Crippen MR) is 77.6 cm³/mol. The zero-order valence-electron chi connectivity index (χ0n) is 10.4. The van der Waals surface area contributed by atoms with Crippen molar-refractivity contribution in [3.8, 4) is 5.75 Å². The Morgan fingerprint density at radius 3 is 3.00 bits per heavy atom. The van der Waals surface area contributed by atoms with E-state index in [0.29, 0.717) is 6.54 Å². The number of furan rings is 1. The minimum Gasteiger partial charge on any atom is -0.482 e. The largest absolute Gasteiger partial charge is 0.482 e. The van der Waals surface area contributed by atoms with E-state index in [4.69, 9.17) is 14.9 Å². The van der Waals surface area contributed by atoms with Gasteiger partial charge in [0.1, 0.15) is 6.10 Å². The molecular weight excluding hydrogens is 258 g/mol. The number of benzene rings is 1. The number of rotatable bonds is 5. The monoisotopic (exact) mass is 273 g/mol. The second-order valence-corrected chi connectivity index (χ2v) is 5.12. The molecule has 1 atom stereocenters. The van der Waals surface area contributed by atoms with Crippen molar-refractivity contribution in [1.29, 1.82) is 0 Å². The van der Waals surface area contributed by atoms with Crippen LogP contribution in [-0.2, 0) is 0 Å². The maximum atomic E-state index is 6.10. The average Bonchev–Trinajstić information content (AvgIpc) is 3.10. The molecule has 1 aromatic carbocycles. The first-order valence-electron chi connectivity index (χ1n) is 6.23. The molecule has 3 nitrogen and oxygen atoms in total. The van der Waals surface area contributed by atoms with E-state index in [1.165, 1.54) is 5.56 Å². The van der Waals surface area contributed by atoms with Crippen LogP contribution in [0.25, 0.3) is 11.0 Å². The predicted octanol–water partition coefficient (Wildman–Crippen LogP) is 3.96. The van der Waals surface area contributed by atoms with Gasteiger partial charge < -0.3 is 14.9 Å². The highest BCUT2D eigenvalue weighted by atomic mass is 32.1. The second kappa shape index (κ2) is 5.47. The third kappa shape index (κ3) is 2.50. The normalized spacial score (nSPS) is 12.7. The van der Waals surface area contributed by atoms with E-state index in [1.807, 2.05) is 24.3 Å². The minimum absolute atomic E-state index is 0.0213. The number of thiophene rings is 1. The highest BCUT2D eigenvalue weighted by molar-refractivity contribution is 7.07. The number of fused-ring (bicyclic) bond motifs is 1. The van der Waals surface area contributed by atoms with Crippen molar-refractivity contribution < 1.29 is 9.15 Å². The molecule has 0 bridgehead atoms. The number of para-hydroxylation sites is 1. The molecule has 2 aromatic heterocycles. The molecule has 0 radical (unpaired) electrons. The molecule has 19 heavy (non-hydrogen) atoms. The lowest BCUT2D eigenvalue weighted by molar-refractivity contribution is 0.198. The molecule has 4 heteroatoms. The van der Waals surface area contributed by atoms with Gasteiger partial charge in [0.15, 0.2) is 11.3 Å². The summed E-state index contributed by atoms with van der Waals surface area (Å²) in [6, 6.07) is 9.92. The fourth-order valence-corrected chi connectivity index (χ4v) is 2.82. The van der Waals surface area contributed by atoms with Crippen LogP contribution in [0, 0.1) is 0 Å². The molecule has 0 aliphatic heterocycles. The Balaban J connectivity index is 1.91. The summed E-state index contributed by atoms with van der Waals surface area (Å²) in [6.07, 6.45) is 2.44. The van der Waals surface area contributed by atoms with Crippen molar-refractivity contribution in [2.75, 3.05) is 6.54 Å². The molecule has 3 rings (SSSR count). The molecule has 0 spiro atoms. The smallest absolute Gasteiger partial charge is 0.175 e. The molecule has 3 aromatic rings. The Morgan fingerprint density at radius 2 is 2.21 bits per heavy atom. The van der Waals surface area contributed by atoms with Crippen LogP contribution in [0.15, 0.2) is 51.8 Å². The summed E-state index contributed by atoms with van der Waals surface area (Å²) in [4.78, 5) is 0. The molecule has 0 fully saturated rings. The Bertz CT molecular complexity index is 645. The molecule has 0 saturated carbocycles. The molecule has 2 N–H and O–H groups in total. The number of nitrogens with two attached hydrogens (primary N) is 1. The van der Waals surface area contributed by atoms with Crippen molar-refractivity contribution >= 4 is 22.3 Å². The Morgan fingerprint density at radius 1 is 1.26 bits per heavy atom. The molecule has 0 amide bonds. The van der Waals surface area contributed by atoms with Gasteiger partial charge in [-0.25, -0.2) is 0 Å². The van der Waals surface area contributed by atoms with Crippen LogP contribution in [-0.4, -0.2) is 6.54 Å². The number of hydrogen-bond acceptors (Lipinski definition) is 4. The average molecular weight is 273 g/mol. The number of hydrogen-bond donors (Lipinski definition) is 1. The highest BCUT2D eigenvalue weighted by Crippen LogP contribution is 2.32. The minimum atomic E-state index is -0.0213. The lowest BCUT2D eigenvalue weighted by Gasteiger charge is -2.17. The van der Waals surface area contributed by atoms with E-state index in [1.54, 1.807) is 17.6 Å². The van der Waals surface area contributed by atoms with Gasteiger partial charge in [-0.15, -0.1) is 0 Å². The summed E-state index contributed by atoms with van der Waals surface area (Å²) in [6.45, 7) is 0.592. The van der Waals surface area contributed by atoms with Crippen LogP contribution in [0.1, 0.15) is 18.1 Å². The van der Waals surface area contributed by atoms with Crippen molar-refractivity contribution in [3.05, 3.63) is 52.9 Å². The van der Waals surface area contributed by atoms with Gasteiger partial charge in [-0.05, 0) is 35.5 Å². The van der Waals surface area contributed by atoms with Gasteiger partial charge in [-0.1, -0.05) is 12.1 Å². The van der Waals surface area contributed by atoms with Gasteiger partial charge in [0, 0.05) is 17.4 Å². The fourth-order valence-electron chi connectivity index (χ4n) is 2.11. The molecular formula is C15H15NO2S. The first-order chi connectivity index (χ1) is 9.38.